The lowest BCUT2D eigenvalue weighted by Crippen LogP contribution is -2.41. The molecule has 10 nitrogen and oxygen atoms in total. The number of hydrogen-bond acceptors (Lipinski definition) is 7. The van der Waals surface area contributed by atoms with Crippen LogP contribution in [-0.4, -0.2) is 69.0 Å². The molecular weight excluding hydrogens is 515 g/mol. The molecule has 0 saturated heterocycles. The summed E-state index contributed by atoms with van der Waals surface area (Å²) < 4.78 is 1.09. The largest absolute Gasteiger partial charge is 0.337 e. The van der Waals surface area contributed by atoms with Gasteiger partial charge in [-0.05, 0) is 56.4 Å². The van der Waals surface area contributed by atoms with Crippen molar-refractivity contribution in [1.82, 2.24) is 29.3 Å². The number of fused-ring (bicyclic) bond motifs is 2. The van der Waals surface area contributed by atoms with Crippen LogP contribution in [0.15, 0.2) is 47.4 Å². The topological polar surface area (TPSA) is 123 Å². The molecule has 37 heavy (non-hydrogen) atoms. The molecule has 0 aliphatic carbocycles. The van der Waals surface area contributed by atoms with Crippen LogP contribution in [0.4, 0.5) is 11.6 Å². The third-order valence-corrected chi connectivity index (χ3v) is 6.81. The van der Waals surface area contributed by atoms with Gasteiger partial charge >= 0.3 is 5.69 Å². The number of benzene rings is 2. The van der Waals surface area contributed by atoms with Gasteiger partial charge in [0.1, 0.15) is 5.49 Å². The van der Waals surface area contributed by atoms with Gasteiger partial charge in [-0.1, -0.05) is 29.3 Å². The Labute approximate surface area is 222 Å². The Kier molecular flexibility index (Phi) is 6.72. The van der Waals surface area contributed by atoms with E-state index in [0.29, 0.717) is 24.0 Å². The fourth-order valence-electron chi connectivity index (χ4n) is 4.28. The molecule has 12 heteroatoms. The summed E-state index contributed by atoms with van der Waals surface area (Å²) in [5.41, 5.74) is 2.02. The maximum absolute atomic E-state index is 12.9. The van der Waals surface area contributed by atoms with Crippen LogP contribution in [0.1, 0.15) is 15.9 Å². The van der Waals surface area contributed by atoms with E-state index in [-0.39, 0.29) is 38.7 Å². The molecule has 2 aromatic heterocycles. The highest BCUT2D eigenvalue weighted by Gasteiger charge is 2.24. The van der Waals surface area contributed by atoms with Crippen LogP contribution in [0.3, 0.4) is 0 Å². The summed E-state index contributed by atoms with van der Waals surface area (Å²) in [5, 5.41) is 12.5. The molecule has 190 valence electrons. The quantitative estimate of drug-likeness (QED) is 0.346. The Morgan fingerprint density at radius 1 is 1.16 bits per heavy atom. The minimum atomic E-state index is -0.608. The first-order valence-corrected chi connectivity index (χ1v) is 12.3. The molecule has 0 fully saturated rings. The predicted molar refractivity (Wildman–Crippen MR) is 143 cm³/mol. The van der Waals surface area contributed by atoms with Crippen LogP contribution in [0.5, 0.6) is 0 Å². The molecule has 2 aromatic carbocycles. The fourth-order valence-corrected chi connectivity index (χ4v) is 4.85. The Morgan fingerprint density at radius 3 is 2.65 bits per heavy atom. The normalized spacial score (nSPS) is 13.3. The number of rotatable bonds is 6. The van der Waals surface area contributed by atoms with Crippen molar-refractivity contribution >= 4 is 51.8 Å². The number of likely N-dealkylation sites (N-methyl/N-ethyl adjacent to an activating group) is 1. The highest BCUT2D eigenvalue weighted by Crippen LogP contribution is 2.27. The summed E-state index contributed by atoms with van der Waals surface area (Å²) in [4.78, 5) is 41.1. The van der Waals surface area contributed by atoms with Gasteiger partial charge < -0.3 is 15.1 Å². The van der Waals surface area contributed by atoms with Gasteiger partial charge in [0.15, 0.2) is 5.65 Å². The fraction of sp³-hybridized carbons (Fsp3) is 0.240. The third-order valence-electron chi connectivity index (χ3n) is 6.20. The number of amides is 1. The van der Waals surface area contributed by atoms with Gasteiger partial charge in [-0.25, -0.2) is 14.3 Å². The van der Waals surface area contributed by atoms with Gasteiger partial charge in [-0.2, -0.15) is 4.98 Å². The van der Waals surface area contributed by atoms with Crippen LogP contribution in [0.25, 0.3) is 16.7 Å². The first kappa shape index (κ1) is 24.9. The van der Waals surface area contributed by atoms with E-state index in [1.807, 2.05) is 31.1 Å². The molecule has 1 aliphatic rings. The average Bonchev–Trinajstić information content (AvgIpc) is 2.85. The molecule has 0 saturated carbocycles. The molecule has 0 atom stereocenters. The lowest BCUT2D eigenvalue weighted by Gasteiger charge is -2.29. The number of aromatic nitrogens is 4. The number of anilines is 2. The van der Waals surface area contributed by atoms with Crippen molar-refractivity contribution in [2.45, 2.75) is 6.42 Å². The van der Waals surface area contributed by atoms with Gasteiger partial charge in [0.2, 0.25) is 5.95 Å². The zero-order chi connectivity index (χ0) is 26.3. The zero-order valence-electron chi connectivity index (χ0n) is 20.2. The highest BCUT2D eigenvalue weighted by atomic mass is 35.5. The lowest BCUT2D eigenvalue weighted by atomic mass is 9.98. The molecule has 4 aromatic rings. The zero-order valence-corrected chi connectivity index (χ0v) is 21.7. The van der Waals surface area contributed by atoms with E-state index >= 15 is 0 Å². The number of halogens is 2. The van der Waals surface area contributed by atoms with E-state index in [4.69, 9.17) is 28.6 Å². The number of hydrogen-bond donors (Lipinski definition) is 3. The molecule has 3 heterocycles. The van der Waals surface area contributed by atoms with Crippen LogP contribution >= 0.6 is 23.2 Å². The highest BCUT2D eigenvalue weighted by molar-refractivity contribution is 6.37. The number of carbonyl (C=O) groups excluding carboxylic acids is 1. The average molecular weight is 539 g/mol. The summed E-state index contributed by atoms with van der Waals surface area (Å²) >= 11 is 12.5. The maximum Gasteiger partial charge on any atom is 0.333 e. The summed E-state index contributed by atoms with van der Waals surface area (Å²) in [7, 11) is 3.98. The van der Waals surface area contributed by atoms with E-state index in [1.54, 1.807) is 24.3 Å². The first-order chi connectivity index (χ1) is 17.7. The number of carbonyl (C=O) groups is 1. The van der Waals surface area contributed by atoms with Gasteiger partial charge in [-0.15, -0.1) is 0 Å². The molecule has 0 spiro atoms. The van der Waals surface area contributed by atoms with Gasteiger partial charge in [0.05, 0.1) is 21.1 Å². The Bertz CT molecular complexity index is 1630. The number of nitrogens with one attached hydrogen (secondary N) is 3. The summed E-state index contributed by atoms with van der Waals surface area (Å²) in [6, 6.07) is 10.4. The Hall–Kier alpha value is -3.73. The van der Waals surface area contributed by atoms with Gasteiger partial charge in [-0.3, -0.25) is 15.2 Å². The van der Waals surface area contributed by atoms with Crippen molar-refractivity contribution in [2.75, 3.05) is 39.0 Å². The predicted octanol–water partition coefficient (Wildman–Crippen LogP) is 3.20. The second kappa shape index (κ2) is 9.97. The van der Waals surface area contributed by atoms with Crippen molar-refractivity contribution in [3.05, 3.63) is 79.7 Å². The number of aromatic amines is 1. The number of H-pyrrole nitrogens is 1. The molecule has 0 unspecified atom stereocenters. The van der Waals surface area contributed by atoms with Crippen molar-refractivity contribution < 1.29 is 4.79 Å². The molecule has 5 rings (SSSR count). The monoisotopic (exact) mass is 538 g/mol. The maximum atomic E-state index is 12.9. The molecule has 1 aliphatic heterocycles. The van der Waals surface area contributed by atoms with Crippen LogP contribution < -0.4 is 16.5 Å². The molecule has 1 amide bonds. The molecular formula is C25H24Cl2N8O2. The van der Waals surface area contributed by atoms with Crippen molar-refractivity contribution in [1.29, 1.82) is 5.41 Å². The smallest absolute Gasteiger partial charge is 0.333 e. The van der Waals surface area contributed by atoms with Gasteiger partial charge in [0, 0.05) is 37.1 Å². The Balaban J connectivity index is 1.43. The first-order valence-electron chi connectivity index (χ1n) is 11.6. The van der Waals surface area contributed by atoms with Crippen LogP contribution in [0, 0.1) is 5.41 Å². The minimum absolute atomic E-state index is 0.0316. The molecule has 0 radical (unpaired) electrons. The van der Waals surface area contributed by atoms with Crippen molar-refractivity contribution in [2.24, 2.45) is 0 Å². The van der Waals surface area contributed by atoms with E-state index in [0.717, 1.165) is 28.8 Å². The van der Waals surface area contributed by atoms with Gasteiger partial charge in [0.25, 0.3) is 5.91 Å². The van der Waals surface area contributed by atoms with Crippen LogP contribution in [-0.2, 0) is 6.42 Å². The van der Waals surface area contributed by atoms with Crippen molar-refractivity contribution in [3.63, 3.8) is 0 Å². The van der Waals surface area contributed by atoms with E-state index in [9.17, 15) is 9.59 Å². The molecule has 0 bridgehead atoms. The SMILES string of the molecule is CN(C)CCN1CCc2cc(Nc3ncc4c(=N)n(-c5c(Cl)cccc5Cl)c(=O)[nH]c4n3)ccc2C1=O. The van der Waals surface area contributed by atoms with E-state index < -0.39 is 5.69 Å². The Morgan fingerprint density at radius 2 is 1.92 bits per heavy atom. The van der Waals surface area contributed by atoms with E-state index in [1.165, 1.54) is 6.20 Å². The summed E-state index contributed by atoms with van der Waals surface area (Å²) in [6.45, 7) is 2.17. The summed E-state index contributed by atoms with van der Waals surface area (Å²) in [5.74, 6) is 0.273. The standard InChI is InChI=1S/C25H24Cl2N8O2/c1-33(2)10-11-34-9-8-14-12-15(6-7-16(14)23(34)36)30-24-29-13-17-21(28)35(25(37)32-22(17)31-24)20-18(26)4-3-5-19(20)27/h3-7,12-13,28H,8-11H2,1-2H3,(H2,29,30,31,32,37). The number of para-hydroxylation sites is 1. The minimum Gasteiger partial charge on any atom is -0.337 e. The number of nitrogens with zero attached hydrogens (tertiary/aromatic N) is 5. The summed E-state index contributed by atoms with van der Waals surface area (Å²) in [6.07, 6.45) is 2.21. The second-order valence-electron chi connectivity index (χ2n) is 8.98. The lowest BCUT2D eigenvalue weighted by molar-refractivity contribution is 0.0729. The van der Waals surface area contributed by atoms with Crippen LogP contribution in [0.2, 0.25) is 10.0 Å². The van der Waals surface area contributed by atoms with Crippen molar-refractivity contribution in [3.8, 4) is 5.69 Å². The second-order valence-corrected chi connectivity index (χ2v) is 9.80. The van der Waals surface area contributed by atoms with E-state index in [2.05, 4.69) is 25.2 Å². The third kappa shape index (κ3) is 4.83. The molecule has 3 N–H and O–H groups in total.